The largest absolute Gasteiger partial charge is 0.295 e. The molecule has 28 heavy (non-hydrogen) atoms. The van der Waals surface area contributed by atoms with E-state index in [0.717, 1.165) is 11.1 Å². The topological polar surface area (TPSA) is 120 Å². The Hall–Kier alpha value is -2.38. The molecule has 0 spiro atoms. The summed E-state index contributed by atoms with van der Waals surface area (Å²) in [5, 5.41) is 23.9. The number of nitrogens with zero attached hydrogens (tertiary/aromatic N) is 2. The van der Waals surface area contributed by atoms with Crippen LogP contribution in [0.4, 0.5) is 0 Å². The Morgan fingerprint density at radius 3 is 1.39 bits per heavy atom. The minimum Gasteiger partial charge on any atom is -0.295 e. The molecule has 0 unspecified atom stereocenters. The average molecular weight is 392 g/mol. The number of hydrogen-bond acceptors (Lipinski definition) is 6. The molecular formula is C20H28N2O6. The van der Waals surface area contributed by atoms with Crippen LogP contribution in [0.15, 0.2) is 22.3 Å². The lowest BCUT2D eigenvalue weighted by Gasteiger charge is -2.35. The van der Waals surface area contributed by atoms with Gasteiger partial charge in [-0.05, 0) is 40.5 Å². The van der Waals surface area contributed by atoms with Gasteiger partial charge >= 0.3 is 0 Å². The molecule has 0 saturated carbocycles. The number of carbonyl (C=O) groups is 2. The highest BCUT2D eigenvalue weighted by Crippen LogP contribution is 2.44. The number of allylic oxidation sites excluding steroid dienone is 2. The number of carbonyl (C=O) groups excluding carboxylic acids is 2. The van der Waals surface area contributed by atoms with Crippen LogP contribution in [0.1, 0.15) is 79.1 Å². The van der Waals surface area contributed by atoms with Gasteiger partial charge in [0.1, 0.15) is 0 Å². The maximum Gasteiger partial charge on any atom is 0.227 e. The Kier molecular flexibility index (Phi) is 6.21. The molecule has 0 aromatic rings. The van der Waals surface area contributed by atoms with E-state index in [0.29, 0.717) is 24.0 Å². The lowest BCUT2D eigenvalue weighted by molar-refractivity contribution is -0.590. The van der Waals surface area contributed by atoms with Crippen LogP contribution in [-0.2, 0) is 9.59 Å². The summed E-state index contributed by atoms with van der Waals surface area (Å²) >= 11 is 0. The molecule has 0 fully saturated rings. The summed E-state index contributed by atoms with van der Waals surface area (Å²) in [5.74, 6) is -0.356. The van der Waals surface area contributed by atoms with Crippen molar-refractivity contribution in [1.82, 2.24) is 0 Å². The second kappa shape index (κ2) is 7.93. The van der Waals surface area contributed by atoms with E-state index in [-0.39, 0.29) is 59.9 Å². The molecule has 2 rings (SSSR count). The second-order valence-electron chi connectivity index (χ2n) is 8.45. The van der Waals surface area contributed by atoms with E-state index >= 15 is 0 Å². The average Bonchev–Trinajstić information content (AvgIpc) is 2.61. The predicted molar refractivity (Wildman–Crippen MR) is 103 cm³/mol. The number of rotatable bonds is 7. The van der Waals surface area contributed by atoms with Gasteiger partial charge in [0, 0.05) is 59.5 Å². The fraction of sp³-hybridized carbons (Fsp3) is 0.700. The molecule has 0 amide bonds. The third-order valence-corrected chi connectivity index (χ3v) is 6.65. The number of ketones is 2. The molecule has 0 aromatic heterocycles. The van der Waals surface area contributed by atoms with Gasteiger partial charge in [-0.15, -0.1) is 0 Å². The second-order valence-corrected chi connectivity index (χ2v) is 8.45. The van der Waals surface area contributed by atoms with Crippen molar-refractivity contribution in [2.24, 2.45) is 0 Å². The third-order valence-electron chi connectivity index (χ3n) is 6.65. The van der Waals surface area contributed by atoms with E-state index in [1.54, 1.807) is 0 Å². The minimum atomic E-state index is -1.36. The van der Waals surface area contributed by atoms with Gasteiger partial charge in [-0.25, -0.2) is 0 Å². The maximum absolute atomic E-state index is 12.0. The van der Waals surface area contributed by atoms with Gasteiger partial charge in [-0.3, -0.25) is 29.8 Å². The molecule has 8 heteroatoms. The molecule has 0 saturated heterocycles. The molecule has 0 heterocycles. The SMILES string of the molecule is CC(=O)C1=C(C)CC[C@@](CC[C@]2([N+](=O)[O-])CCC(C)=C(C(C)=O)C2)([N+](=O)[O-])C1. The number of nitro groups is 2. The maximum atomic E-state index is 12.0. The van der Waals surface area contributed by atoms with E-state index < -0.39 is 11.1 Å². The Labute approximate surface area is 164 Å². The molecule has 154 valence electrons. The van der Waals surface area contributed by atoms with Crippen LogP contribution in [0.3, 0.4) is 0 Å². The highest BCUT2D eigenvalue weighted by atomic mass is 16.6. The molecule has 0 bridgehead atoms. The van der Waals surface area contributed by atoms with E-state index in [1.807, 2.05) is 13.8 Å². The van der Waals surface area contributed by atoms with Gasteiger partial charge in [0.2, 0.25) is 11.1 Å². The Balaban J connectivity index is 2.32. The lowest BCUT2D eigenvalue weighted by Crippen LogP contribution is -2.47. The van der Waals surface area contributed by atoms with Gasteiger partial charge in [0.05, 0.1) is 0 Å². The van der Waals surface area contributed by atoms with Crippen molar-refractivity contribution >= 4 is 11.6 Å². The molecule has 0 aliphatic heterocycles. The number of Topliss-reactive ketones (excluding diaryl/α,β-unsaturated/α-hetero) is 2. The van der Waals surface area contributed by atoms with E-state index in [9.17, 15) is 29.8 Å². The Bertz CT molecular complexity index is 731. The van der Waals surface area contributed by atoms with Crippen LogP contribution >= 0.6 is 0 Å². The van der Waals surface area contributed by atoms with Crippen LogP contribution in [0, 0.1) is 20.2 Å². The highest BCUT2D eigenvalue weighted by Gasteiger charge is 2.52. The van der Waals surface area contributed by atoms with Gasteiger partial charge in [0.25, 0.3) is 0 Å². The Morgan fingerprint density at radius 1 is 0.821 bits per heavy atom. The molecule has 2 aliphatic rings. The van der Waals surface area contributed by atoms with Gasteiger partial charge in [-0.1, -0.05) is 11.1 Å². The monoisotopic (exact) mass is 392 g/mol. The fourth-order valence-corrected chi connectivity index (χ4v) is 4.52. The molecule has 0 N–H and O–H groups in total. The molecule has 8 nitrogen and oxygen atoms in total. The van der Waals surface area contributed by atoms with Crippen LogP contribution < -0.4 is 0 Å². The summed E-state index contributed by atoms with van der Waals surface area (Å²) in [6.45, 7) is 6.43. The normalized spacial score (nSPS) is 28.3. The predicted octanol–water partition coefficient (Wildman–Crippen LogP) is 3.98. The zero-order valence-corrected chi connectivity index (χ0v) is 17.0. The first-order valence-corrected chi connectivity index (χ1v) is 9.62. The summed E-state index contributed by atoms with van der Waals surface area (Å²) in [4.78, 5) is 47.0. The summed E-state index contributed by atoms with van der Waals surface area (Å²) in [6, 6.07) is 0. The van der Waals surface area contributed by atoms with Crippen LogP contribution in [0.5, 0.6) is 0 Å². The van der Waals surface area contributed by atoms with Crippen molar-refractivity contribution in [3.63, 3.8) is 0 Å². The lowest BCUT2D eigenvalue weighted by atomic mass is 9.69. The third kappa shape index (κ3) is 4.05. The number of hydrogen-bond donors (Lipinski definition) is 0. The first kappa shape index (κ1) is 21.9. The van der Waals surface area contributed by atoms with Crippen molar-refractivity contribution in [3.05, 3.63) is 42.5 Å². The van der Waals surface area contributed by atoms with Crippen molar-refractivity contribution in [3.8, 4) is 0 Å². The fourth-order valence-electron chi connectivity index (χ4n) is 4.52. The van der Waals surface area contributed by atoms with Crippen LogP contribution in [0.25, 0.3) is 0 Å². The van der Waals surface area contributed by atoms with Gasteiger partial charge in [0.15, 0.2) is 11.6 Å². The van der Waals surface area contributed by atoms with Crippen molar-refractivity contribution in [2.75, 3.05) is 0 Å². The molecule has 0 radical (unpaired) electrons. The molecular weight excluding hydrogens is 364 g/mol. The van der Waals surface area contributed by atoms with Crippen LogP contribution in [0.2, 0.25) is 0 Å². The zero-order chi connectivity index (χ0) is 21.3. The highest BCUT2D eigenvalue weighted by molar-refractivity contribution is 5.94. The minimum absolute atomic E-state index is 0.0173. The summed E-state index contributed by atoms with van der Waals surface area (Å²) in [5.41, 5.74) is -0.0522. The van der Waals surface area contributed by atoms with Crippen molar-refractivity contribution in [2.45, 2.75) is 90.1 Å². The first-order chi connectivity index (χ1) is 12.9. The van der Waals surface area contributed by atoms with Crippen molar-refractivity contribution < 1.29 is 19.4 Å². The summed E-state index contributed by atoms with van der Waals surface area (Å²) in [7, 11) is 0. The molecule has 2 aliphatic carbocycles. The van der Waals surface area contributed by atoms with E-state index in [1.165, 1.54) is 13.8 Å². The van der Waals surface area contributed by atoms with Crippen molar-refractivity contribution in [1.29, 1.82) is 0 Å². The van der Waals surface area contributed by atoms with Gasteiger partial charge in [-0.2, -0.15) is 0 Å². The quantitative estimate of drug-likeness (QED) is 0.477. The first-order valence-electron chi connectivity index (χ1n) is 9.62. The standard InChI is InChI=1S/C20H28N2O6/c1-13-5-7-19(21(25)26,11-17(13)15(3)23)9-10-20(22(27)28)8-6-14(2)18(12-20)16(4)24/h5-12H2,1-4H3/t19-,20+. The summed E-state index contributed by atoms with van der Waals surface area (Å²) < 4.78 is 0. The zero-order valence-electron chi connectivity index (χ0n) is 17.0. The Morgan fingerprint density at radius 2 is 1.14 bits per heavy atom. The van der Waals surface area contributed by atoms with E-state index in [2.05, 4.69) is 0 Å². The van der Waals surface area contributed by atoms with E-state index in [4.69, 9.17) is 0 Å². The molecule has 0 aromatic carbocycles. The smallest absolute Gasteiger partial charge is 0.227 e. The molecule has 2 atom stereocenters. The van der Waals surface area contributed by atoms with Gasteiger partial charge < -0.3 is 0 Å². The van der Waals surface area contributed by atoms with Crippen LogP contribution in [-0.4, -0.2) is 32.5 Å². The summed E-state index contributed by atoms with van der Waals surface area (Å²) in [6.07, 6.45) is 1.51.